The fourth-order valence-corrected chi connectivity index (χ4v) is 3.30. The number of methoxy groups -OCH3 is 1. The van der Waals surface area contributed by atoms with Gasteiger partial charge in [-0.3, -0.25) is 9.59 Å². The van der Waals surface area contributed by atoms with Crippen molar-refractivity contribution in [2.45, 2.75) is 45.6 Å². The lowest BCUT2D eigenvalue weighted by Gasteiger charge is -2.32. The quantitative estimate of drug-likeness (QED) is 0.706. The van der Waals surface area contributed by atoms with Gasteiger partial charge in [-0.25, -0.2) is 4.79 Å². The van der Waals surface area contributed by atoms with E-state index in [-0.39, 0.29) is 18.4 Å². The molecule has 1 aliphatic heterocycles. The largest absolute Gasteiger partial charge is 0.496 e. The molecule has 1 fully saturated rings. The Kier molecular flexibility index (Phi) is 8.50. The molecule has 0 spiro atoms. The minimum Gasteiger partial charge on any atom is -0.496 e. The number of hydrogen-bond donors (Lipinski definition) is 2. The molecule has 1 saturated heterocycles. The van der Waals surface area contributed by atoms with E-state index in [1.54, 1.807) is 27.9 Å². The molecule has 1 aliphatic rings. The summed E-state index contributed by atoms with van der Waals surface area (Å²) in [5.74, 6) is 0.869. The number of para-hydroxylation sites is 1. The molecule has 3 amide bonds. The number of likely N-dealkylation sites (tertiary alicyclic amines) is 1. The van der Waals surface area contributed by atoms with Gasteiger partial charge in [0.2, 0.25) is 11.8 Å². The number of amides is 3. The first kappa shape index (κ1) is 23.5. The first-order chi connectivity index (χ1) is 14.2. The highest BCUT2D eigenvalue weighted by atomic mass is 16.6. The van der Waals surface area contributed by atoms with Crippen LogP contribution < -0.4 is 15.4 Å². The molecule has 1 aromatic carbocycles. The summed E-state index contributed by atoms with van der Waals surface area (Å²) in [6, 6.07) is 7.55. The summed E-state index contributed by atoms with van der Waals surface area (Å²) in [6.45, 7) is 7.05. The van der Waals surface area contributed by atoms with Gasteiger partial charge >= 0.3 is 6.09 Å². The molecule has 0 atom stereocenters. The zero-order valence-corrected chi connectivity index (χ0v) is 18.3. The highest BCUT2D eigenvalue weighted by Crippen LogP contribution is 2.21. The number of nitrogens with zero attached hydrogens (tertiary/aromatic N) is 1. The van der Waals surface area contributed by atoms with Gasteiger partial charge in [-0.1, -0.05) is 18.2 Å². The van der Waals surface area contributed by atoms with E-state index in [1.165, 1.54) is 0 Å². The minimum absolute atomic E-state index is 0.0866. The normalized spacial score (nSPS) is 14.7. The number of carbonyl (C=O) groups is 3. The molecule has 0 unspecified atom stereocenters. The van der Waals surface area contributed by atoms with Crippen LogP contribution >= 0.6 is 0 Å². The molecule has 0 aromatic heterocycles. The minimum atomic E-state index is -0.612. The summed E-state index contributed by atoms with van der Waals surface area (Å²) in [5, 5.41) is 5.29. The van der Waals surface area contributed by atoms with Crippen LogP contribution in [-0.2, 0) is 20.7 Å². The number of piperidine rings is 1. The molecule has 166 valence electrons. The van der Waals surface area contributed by atoms with Crippen LogP contribution in [0.5, 0.6) is 5.75 Å². The van der Waals surface area contributed by atoms with Gasteiger partial charge in [-0.15, -0.1) is 0 Å². The number of rotatable bonds is 7. The predicted molar refractivity (Wildman–Crippen MR) is 113 cm³/mol. The van der Waals surface area contributed by atoms with Crippen molar-refractivity contribution in [1.82, 2.24) is 15.5 Å². The molecule has 8 heteroatoms. The molecule has 0 aliphatic carbocycles. The second kappa shape index (κ2) is 10.8. The third kappa shape index (κ3) is 7.93. The summed E-state index contributed by atoms with van der Waals surface area (Å²) in [7, 11) is 1.60. The Bertz CT molecular complexity index is 737. The smallest absolute Gasteiger partial charge is 0.408 e. The van der Waals surface area contributed by atoms with Gasteiger partial charge in [-0.05, 0) is 45.6 Å². The summed E-state index contributed by atoms with van der Waals surface area (Å²) >= 11 is 0. The molecule has 30 heavy (non-hydrogen) atoms. The second-order valence-corrected chi connectivity index (χ2v) is 8.47. The van der Waals surface area contributed by atoms with Gasteiger partial charge in [0.15, 0.2) is 0 Å². The molecule has 2 N–H and O–H groups in total. The molecular formula is C22H33N3O5. The van der Waals surface area contributed by atoms with Crippen molar-refractivity contribution >= 4 is 17.9 Å². The van der Waals surface area contributed by atoms with Crippen LogP contribution in [0.25, 0.3) is 0 Å². The van der Waals surface area contributed by atoms with Crippen molar-refractivity contribution in [1.29, 1.82) is 0 Å². The van der Waals surface area contributed by atoms with E-state index in [1.807, 2.05) is 29.2 Å². The Balaban J connectivity index is 1.67. The Hall–Kier alpha value is -2.77. The van der Waals surface area contributed by atoms with E-state index in [9.17, 15) is 14.4 Å². The molecule has 2 rings (SSSR count). The van der Waals surface area contributed by atoms with Gasteiger partial charge < -0.3 is 25.0 Å². The molecule has 0 radical (unpaired) electrons. The molecule has 0 bridgehead atoms. The number of benzene rings is 1. The number of alkyl carbamates (subject to hydrolysis) is 1. The third-order valence-corrected chi connectivity index (χ3v) is 4.88. The Labute approximate surface area is 178 Å². The van der Waals surface area contributed by atoms with Crippen molar-refractivity contribution < 1.29 is 23.9 Å². The molecular weight excluding hydrogens is 386 g/mol. The summed E-state index contributed by atoms with van der Waals surface area (Å²) in [6.07, 6.45) is 1.37. The monoisotopic (exact) mass is 419 g/mol. The van der Waals surface area contributed by atoms with Crippen LogP contribution in [0.15, 0.2) is 24.3 Å². The van der Waals surface area contributed by atoms with Gasteiger partial charge in [0.05, 0.1) is 20.1 Å². The lowest BCUT2D eigenvalue weighted by molar-refractivity contribution is -0.132. The van der Waals surface area contributed by atoms with Crippen LogP contribution in [0.4, 0.5) is 4.79 Å². The van der Waals surface area contributed by atoms with E-state index in [0.29, 0.717) is 32.0 Å². The lowest BCUT2D eigenvalue weighted by Crippen LogP contribution is -2.44. The van der Waals surface area contributed by atoms with Crippen molar-refractivity contribution in [3.8, 4) is 5.75 Å². The van der Waals surface area contributed by atoms with Gasteiger partial charge in [0, 0.05) is 25.2 Å². The standard InChI is InChI=1S/C22H33N3O5/c1-22(2,3)30-21(28)24-15-19(26)23-14-16-9-11-25(12-10-16)20(27)13-17-7-5-6-8-18(17)29-4/h5-8,16H,9-15H2,1-4H3,(H,23,26)(H,24,28). The van der Waals surface area contributed by atoms with Crippen molar-refractivity contribution in [3.63, 3.8) is 0 Å². The Morgan fingerprint density at radius 2 is 1.77 bits per heavy atom. The number of ether oxygens (including phenoxy) is 2. The van der Waals surface area contributed by atoms with E-state index in [0.717, 1.165) is 24.2 Å². The number of nitrogens with one attached hydrogen (secondary N) is 2. The van der Waals surface area contributed by atoms with Gasteiger partial charge in [-0.2, -0.15) is 0 Å². The molecule has 0 saturated carbocycles. The SMILES string of the molecule is COc1ccccc1CC(=O)N1CCC(CNC(=O)CNC(=O)OC(C)(C)C)CC1. The number of hydrogen-bond acceptors (Lipinski definition) is 5. The van der Waals surface area contributed by atoms with E-state index in [4.69, 9.17) is 9.47 Å². The maximum absolute atomic E-state index is 12.6. The maximum atomic E-state index is 12.6. The average Bonchev–Trinajstić information content (AvgIpc) is 2.70. The molecule has 1 aromatic rings. The molecule has 1 heterocycles. The highest BCUT2D eigenvalue weighted by molar-refractivity contribution is 5.82. The average molecular weight is 420 g/mol. The third-order valence-electron chi connectivity index (χ3n) is 4.88. The number of carbonyl (C=O) groups excluding carboxylic acids is 3. The van der Waals surface area contributed by atoms with Crippen LogP contribution in [0, 0.1) is 5.92 Å². The summed E-state index contributed by atoms with van der Waals surface area (Å²) < 4.78 is 10.4. The van der Waals surface area contributed by atoms with Gasteiger partial charge in [0.1, 0.15) is 11.4 Å². The van der Waals surface area contributed by atoms with Crippen LogP contribution in [0.2, 0.25) is 0 Å². The van der Waals surface area contributed by atoms with Crippen LogP contribution in [0.3, 0.4) is 0 Å². The van der Waals surface area contributed by atoms with Crippen molar-refractivity contribution in [3.05, 3.63) is 29.8 Å². The summed E-state index contributed by atoms with van der Waals surface area (Å²) in [5.41, 5.74) is 0.286. The predicted octanol–water partition coefficient (Wildman–Crippen LogP) is 2.12. The zero-order chi connectivity index (χ0) is 22.1. The van der Waals surface area contributed by atoms with Gasteiger partial charge in [0.25, 0.3) is 0 Å². The Morgan fingerprint density at radius 1 is 1.10 bits per heavy atom. The van der Waals surface area contributed by atoms with E-state index < -0.39 is 11.7 Å². The van der Waals surface area contributed by atoms with E-state index >= 15 is 0 Å². The summed E-state index contributed by atoms with van der Waals surface area (Å²) in [4.78, 5) is 38.0. The van der Waals surface area contributed by atoms with Crippen molar-refractivity contribution in [2.75, 3.05) is 33.3 Å². The molecule has 8 nitrogen and oxygen atoms in total. The topological polar surface area (TPSA) is 97.0 Å². The fraction of sp³-hybridized carbons (Fsp3) is 0.591. The Morgan fingerprint density at radius 3 is 2.40 bits per heavy atom. The second-order valence-electron chi connectivity index (χ2n) is 8.47. The highest BCUT2D eigenvalue weighted by Gasteiger charge is 2.24. The fourth-order valence-electron chi connectivity index (χ4n) is 3.30. The van der Waals surface area contributed by atoms with Crippen LogP contribution in [0.1, 0.15) is 39.2 Å². The first-order valence-corrected chi connectivity index (χ1v) is 10.3. The zero-order valence-electron chi connectivity index (χ0n) is 18.3. The van der Waals surface area contributed by atoms with Crippen molar-refractivity contribution in [2.24, 2.45) is 5.92 Å². The van der Waals surface area contributed by atoms with E-state index in [2.05, 4.69) is 10.6 Å². The maximum Gasteiger partial charge on any atom is 0.408 e. The lowest BCUT2D eigenvalue weighted by atomic mass is 9.96. The first-order valence-electron chi connectivity index (χ1n) is 10.3. The van der Waals surface area contributed by atoms with Crippen LogP contribution in [-0.4, -0.2) is 61.7 Å².